The number of rotatable bonds is 5. The van der Waals surface area contributed by atoms with Crippen LogP contribution < -0.4 is 10.6 Å². The second-order valence-corrected chi connectivity index (χ2v) is 7.64. The molecule has 152 valence electrons. The van der Waals surface area contributed by atoms with Crippen LogP contribution in [0.1, 0.15) is 38.7 Å². The van der Waals surface area contributed by atoms with Crippen molar-refractivity contribution in [1.82, 2.24) is 15.5 Å². The molecular formula is C19H29ClFIN4O. The van der Waals surface area contributed by atoms with E-state index in [0.717, 1.165) is 31.5 Å². The lowest BCUT2D eigenvalue weighted by molar-refractivity contribution is -0.130. The zero-order valence-electron chi connectivity index (χ0n) is 16.1. The van der Waals surface area contributed by atoms with Gasteiger partial charge in [0.05, 0.1) is 6.54 Å². The number of nitrogens with zero attached hydrogens (tertiary/aromatic N) is 2. The molecule has 0 radical (unpaired) electrons. The zero-order valence-corrected chi connectivity index (χ0v) is 19.2. The van der Waals surface area contributed by atoms with Crippen molar-refractivity contribution in [1.29, 1.82) is 0 Å². The molecule has 1 fully saturated rings. The highest BCUT2D eigenvalue weighted by molar-refractivity contribution is 14.0. The van der Waals surface area contributed by atoms with Gasteiger partial charge in [-0.3, -0.25) is 9.79 Å². The third-order valence-corrected chi connectivity index (χ3v) is 5.01. The largest absolute Gasteiger partial charge is 0.356 e. The van der Waals surface area contributed by atoms with Gasteiger partial charge in [-0.15, -0.1) is 24.0 Å². The molecule has 1 aromatic rings. The minimum absolute atomic E-state index is 0. The Morgan fingerprint density at radius 1 is 1.26 bits per heavy atom. The standard InChI is InChI=1S/C19H28ClFN4O.HI/c1-19(2,15-8-7-14(21)11-16(15)20)13-24-18(22-3)23-12-17(26)25-9-5-4-6-10-25;/h7-8,11H,4-6,9-10,12-13H2,1-3H3,(H2,22,23,24);1H. The maximum atomic E-state index is 13.3. The summed E-state index contributed by atoms with van der Waals surface area (Å²) in [6.45, 7) is 6.47. The number of piperidine rings is 1. The van der Waals surface area contributed by atoms with Gasteiger partial charge in [0.2, 0.25) is 5.91 Å². The van der Waals surface area contributed by atoms with E-state index in [4.69, 9.17) is 11.6 Å². The maximum Gasteiger partial charge on any atom is 0.241 e. The molecule has 27 heavy (non-hydrogen) atoms. The fourth-order valence-electron chi connectivity index (χ4n) is 3.07. The Bertz CT molecular complexity index is 663. The van der Waals surface area contributed by atoms with Crippen molar-refractivity contribution in [3.63, 3.8) is 0 Å². The molecule has 2 rings (SSSR count). The van der Waals surface area contributed by atoms with Gasteiger partial charge in [0.25, 0.3) is 0 Å². The number of carbonyl (C=O) groups excluding carboxylic acids is 1. The second kappa shape index (κ2) is 11.0. The highest BCUT2D eigenvalue weighted by Gasteiger charge is 2.24. The summed E-state index contributed by atoms with van der Waals surface area (Å²) >= 11 is 6.19. The Kier molecular flexibility index (Phi) is 9.80. The van der Waals surface area contributed by atoms with E-state index in [1.165, 1.54) is 18.6 Å². The number of likely N-dealkylation sites (tertiary alicyclic amines) is 1. The van der Waals surface area contributed by atoms with Gasteiger partial charge in [-0.1, -0.05) is 31.5 Å². The number of carbonyl (C=O) groups is 1. The SMILES string of the molecule is CN=C(NCC(=O)N1CCCCC1)NCC(C)(C)c1ccc(F)cc1Cl.I. The summed E-state index contributed by atoms with van der Waals surface area (Å²) in [5.41, 5.74) is 0.521. The summed E-state index contributed by atoms with van der Waals surface area (Å²) in [5.74, 6) is 0.298. The monoisotopic (exact) mass is 510 g/mol. The number of guanidine groups is 1. The molecule has 8 heteroatoms. The maximum absolute atomic E-state index is 13.3. The summed E-state index contributed by atoms with van der Waals surface area (Å²) in [4.78, 5) is 18.3. The first-order chi connectivity index (χ1) is 12.3. The quantitative estimate of drug-likeness (QED) is 0.362. The van der Waals surface area contributed by atoms with E-state index in [0.29, 0.717) is 17.5 Å². The minimum Gasteiger partial charge on any atom is -0.356 e. The third-order valence-electron chi connectivity index (χ3n) is 4.70. The number of nitrogens with one attached hydrogen (secondary N) is 2. The normalized spacial score (nSPS) is 15.1. The lowest BCUT2D eigenvalue weighted by Gasteiger charge is -2.29. The van der Waals surface area contributed by atoms with E-state index < -0.39 is 0 Å². The molecule has 1 aliphatic heterocycles. The van der Waals surface area contributed by atoms with Crippen LogP contribution in [0.2, 0.25) is 5.02 Å². The van der Waals surface area contributed by atoms with Gasteiger partial charge in [0.15, 0.2) is 5.96 Å². The molecule has 1 aliphatic rings. The van der Waals surface area contributed by atoms with Crippen molar-refractivity contribution < 1.29 is 9.18 Å². The summed E-state index contributed by atoms with van der Waals surface area (Å²) in [7, 11) is 1.67. The molecule has 0 spiro atoms. The van der Waals surface area contributed by atoms with Crippen molar-refractivity contribution in [2.24, 2.45) is 4.99 Å². The second-order valence-electron chi connectivity index (χ2n) is 7.23. The highest BCUT2D eigenvalue weighted by atomic mass is 127. The molecule has 2 N–H and O–H groups in total. The molecule has 0 atom stereocenters. The van der Waals surface area contributed by atoms with Crippen LogP contribution >= 0.6 is 35.6 Å². The molecule has 5 nitrogen and oxygen atoms in total. The molecule has 0 aliphatic carbocycles. The van der Waals surface area contributed by atoms with Crippen molar-refractivity contribution in [2.45, 2.75) is 38.5 Å². The highest BCUT2D eigenvalue weighted by Crippen LogP contribution is 2.29. The van der Waals surface area contributed by atoms with Crippen LogP contribution in [0.3, 0.4) is 0 Å². The first kappa shape index (κ1) is 23.9. The lowest BCUT2D eigenvalue weighted by atomic mass is 9.84. The molecule has 0 aromatic heterocycles. The van der Waals surface area contributed by atoms with Crippen LogP contribution in [0, 0.1) is 5.82 Å². The van der Waals surface area contributed by atoms with Crippen molar-refractivity contribution in [2.75, 3.05) is 33.2 Å². The van der Waals surface area contributed by atoms with E-state index in [-0.39, 0.29) is 47.7 Å². The van der Waals surface area contributed by atoms with E-state index in [2.05, 4.69) is 15.6 Å². The van der Waals surface area contributed by atoms with Gasteiger partial charge in [-0.05, 0) is 37.0 Å². The predicted molar refractivity (Wildman–Crippen MR) is 120 cm³/mol. The van der Waals surface area contributed by atoms with Gasteiger partial charge in [-0.2, -0.15) is 0 Å². The summed E-state index contributed by atoms with van der Waals surface area (Å²) in [6.07, 6.45) is 3.35. The van der Waals surface area contributed by atoms with Crippen LogP contribution in [0.25, 0.3) is 0 Å². The number of amides is 1. The molecule has 1 saturated heterocycles. The smallest absolute Gasteiger partial charge is 0.241 e. The van der Waals surface area contributed by atoms with Crippen LogP contribution in [-0.2, 0) is 10.2 Å². The Morgan fingerprint density at radius 3 is 2.52 bits per heavy atom. The van der Waals surface area contributed by atoms with Gasteiger partial charge >= 0.3 is 0 Å². The molecule has 0 bridgehead atoms. The fourth-order valence-corrected chi connectivity index (χ4v) is 3.50. The van der Waals surface area contributed by atoms with Gasteiger partial charge in [0.1, 0.15) is 5.82 Å². The molecular weight excluding hydrogens is 482 g/mol. The van der Waals surface area contributed by atoms with Crippen molar-refractivity contribution in [3.05, 3.63) is 34.6 Å². The van der Waals surface area contributed by atoms with Crippen LogP contribution in [0.5, 0.6) is 0 Å². The first-order valence-electron chi connectivity index (χ1n) is 9.01. The van der Waals surface area contributed by atoms with Crippen LogP contribution in [0.15, 0.2) is 23.2 Å². The third kappa shape index (κ3) is 7.10. The fraction of sp³-hybridized carbons (Fsp3) is 0.579. The number of aliphatic imine (C=N–C) groups is 1. The number of halogens is 3. The first-order valence-corrected chi connectivity index (χ1v) is 9.39. The molecule has 1 aromatic carbocycles. The molecule has 1 heterocycles. The molecule has 0 saturated carbocycles. The Morgan fingerprint density at radius 2 is 1.93 bits per heavy atom. The van der Waals surface area contributed by atoms with Gasteiger partial charge in [0, 0.05) is 37.1 Å². The van der Waals surface area contributed by atoms with E-state index >= 15 is 0 Å². The topological polar surface area (TPSA) is 56.7 Å². The average Bonchev–Trinajstić information content (AvgIpc) is 2.62. The Labute approximate surface area is 183 Å². The summed E-state index contributed by atoms with van der Waals surface area (Å²) in [6, 6.07) is 4.44. The predicted octanol–water partition coefficient (Wildman–Crippen LogP) is 3.55. The van der Waals surface area contributed by atoms with E-state index in [1.807, 2.05) is 18.7 Å². The lowest BCUT2D eigenvalue weighted by Crippen LogP contribution is -2.48. The Hall–Kier alpha value is -1.09. The van der Waals surface area contributed by atoms with Crippen LogP contribution in [0.4, 0.5) is 4.39 Å². The number of hydrogen-bond acceptors (Lipinski definition) is 2. The Balaban J connectivity index is 0.00000364. The zero-order chi connectivity index (χ0) is 19.2. The van der Waals surface area contributed by atoms with Gasteiger partial charge < -0.3 is 15.5 Å². The van der Waals surface area contributed by atoms with Crippen LogP contribution in [-0.4, -0.2) is 50.0 Å². The number of benzene rings is 1. The summed E-state index contributed by atoms with van der Waals surface area (Å²) < 4.78 is 13.3. The molecule has 0 unspecified atom stereocenters. The average molecular weight is 511 g/mol. The summed E-state index contributed by atoms with van der Waals surface area (Å²) in [5, 5.41) is 6.70. The van der Waals surface area contributed by atoms with Crippen molar-refractivity contribution >= 4 is 47.4 Å². The minimum atomic E-state index is -0.351. The molecule has 1 amide bonds. The number of hydrogen-bond donors (Lipinski definition) is 2. The van der Waals surface area contributed by atoms with Crippen molar-refractivity contribution in [3.8, 4) is 0 Å². The van der Waals surface area contributed by atoms with E-state index in [9.17, 15) is 9.18 Å². The van der Waals surface area contributed by atoms with E-state index in [1.54, 1.807) is 13.1 Å². The van der Waals surface area contributed by atoms with Gasteiger partial charge in [-0.25, -0.2) is 4.39 Å².